The minimum Gasteiger partial charge on any atom is -0.497 e. The van der Waals surface area contributed by atoms with Crippen molar-refractivity contribution in [1.29, 1.82) is 0 Å². The number of rotatable bonds is 6. The number of hydrogen-bond donors (Lipinski definition) is 1. The molecule has 0 amide bonds. The molecule has 1 aromatic carbocycles. The van der Waals surface area contributed by atoms with E-state index in [0.29, 0.717) is 6.54 Å². The number of aromatic nitrogens is 3. The van der Waals surface area contributed by atoms with Crippen LogP contribution in [0.4, 0.5) is 0 Å². The van der Waals surface area contributed by atoms with E-state index in [1.165, 1.54) is 0 Å². The van der Waals surface area contributed by atoms with Crippen molar-refractivity contribution in [1.82, 2.24) is 19.7 Å². The Morgan fingerprint density at radius 3 is 2.68 bits per heavy atom. The van der Waals surface area contributed by atoms with Crippen molar-refractivity contribution in [3.05, 3.63) is 42.0 Å². The van der Waals surface area contributed by atoms with Crippen molar-refractivity contribution < 1.29 is 9.84 Å². The van der Waals surface area contributed by atoms with Gasteiger partial charge in [0.2, 0.25) is 0 Å². The maximum atomic E-state index is 11.3. The molecule has 2 heterocycles. The Morgan fingerprint density at radius 1 is 1.32 bits per heavy atom. The van der Waals surface area contributed by atoms with Gasteiger partial charge in [0.25, 0.3) is 0 Å². The molecule has 1 aliphatic heterocycles. The van der Waals surface area contributed by atoms with Crippen molar-refractivity contribution in [3.63, 3.8) is 0 Å². The van der Waals surface area contributed by atoms with Gasteiger partial charge in [-0.25, -0.2) is 9.67 Å². The number of hydrogen-bond acceptors (Lipinski definition) is 5. The van der Waals surface area contributed by atoms with E-state index >= 15 is 0 Å². The van der Waals surface area contributed by atoms with E-state index in [1.807, 2.05) is 35.9 Å². The Balaban J connectivity index is 1.80. The number of methoxy groups -OCH3 is 1. The molecule has 0 saturated carbocycles. The first-order valence-electron chi connectivity index (χ1n) is 8.92. The maximum absolute atomic E-state index is 11.3. The van der Waals surface area contributed by atoms with Gasteiger partial charge < -0.3 is 9.84 Å². The van der Waals surface area contributed by atoms with Crippen LogP contribution >= 0.6 is 0 Å². The van der Waals surface area contributed by atoms with Crippen molar-refractivity contribution in [2.45, 2.75) is 57.8 Å². The summed E-state index contributed by atoms with van der Waals surface area (Å²) in [4.78, 5) is 6.75. The Kier molecular flexibility index (Phi) is 5.11. The minimum absolute atomic E-state index is 0.0539. The molecule has 2 unspecified atom stereocenters. The second-order valence-electron chi connectivity index (χ2n) is 7.22. The fourth-order valence-electron chi connectivity index (χ4n) is 3.77. The zero-order valence-corrected chi connectivity index (χ0v) is 15.5. The van der Waals surface area contributed by atoms with Gasteiger partial charge in [-0.2, -0.15) is 5.10 Å². The largest absolute Gasteiger partial charge is 0.497 e. The van der Waals surface area contributed by atoms with Gasteiger partial charge in [0.05, 0.1) is 13.7 Å². The predicted octanol–water partition coefficient (Wildman–Crippen LogP) is 2.74. The van der Waals surface area contributed by atoms with E-state index in [-0.39, 0.29) is 12.1 Å². The minimum atomic E-state index is -0.925. The summed E-state index contributed by atoms with van der Waals surface area (Å²) in [5.41, 5.74) is -0.0126. The molecule has 3 rings (SSSR count). The van der Waals surface area contributed by atoms with Crippen LogP contribution in [0.5, 0.6) is 5.75 Å². The van der Waals surface area contributed by atoms with Gasteiger partial charge in [-0.05, 0) is 57.9 Å². The maximum Gasteiger partial charge on any atom is 0.141 e. The van der Waals surface area contributed by atoms with Crippen molar-refractivity contribution in [2.24, 2.45) is 0 Å². The SMILES string of the molecule is COc1ccc(C(C)(O)C2CCCN2Cc2ncnn2C(C)C)cc1. The first-order chi connectivity index (χ1) is 11.9. The van der Waals surface area contributed by atoms with Gasteiger partial charge in [0, 0.05) is 12.1 Å². The van der Waals surface area contributed by atoms with Crippen LogP contribution < -0.4 is 4.74 Å². The molecule has 6 nitrogen and oxygen atoms in total. The van der Waals surface area contributed by atoms with Gasteiger partial charge in [0.15, 0.2) is 0 Å². The van der Waals surface area contributed by atoms with Gasteiger partial charge in [0.1, 0.15) is 23.5 Å². The molecular formula is C19H28N4O2. The van der Waals surface area contributed by atoms with Gasteiger partial charge >= 0.3 is 0 Å². The molecular weight excluding hydrogens is 316 g/mol. The fourth-order valence-corrected chi connectivity index (χ4v) is 3.77. The Hall–Kier alpha value is -1.92. The van der Waals surface area contributed by atoms with Crippen molar-refractivity contribution >= 4 is 0 Å². The lowest BCUT2D eigenvalue weighted by atomic mass is 9.86. The van der Waals surface area contributed by atoms with E-state index in [1.54, 1.807) is 13.4 Å². The molecule has 0 aliphatic carbocycles. The molecule has 0 bridgehead atoms. The standard InChI is InChI=1S/C19H28N4O2/c1-14(2)23-18(20-13-21-23)12-22-11-5-6-17(22)19(3,24)15-7-9-16(25-4)10-8-15/h7-10,13-14,17,24H,5-6,11-12H2,1-4H3. The third kappa shape index (κ3) is 3.55. The molecule has 1 fully saturated rings. The molecule has 1 N–H and O–H groups in total. The highest BCUT2D eigenvalue weighted by molar-refractivity contribution is 5.31. The summed E-state index contributed by atoms with van der Waals surface area (Å²) >= 11 is 0. The Morgan fingerprint density at radius 2 is 2.04 bits per heavy atom. The van der Waals surface area contributed by atoms with E-state index in [9.17, 15) is 5.11 Å². The number of ether oxygens (including phenoxy) is 1. The average molecular weight is 344 g/mol. The van der Waals surface area contributed by atoms with Crippen LogP contribution in [0.25, 0.3) is 0 Å². The summed E-state index contributed by atoms with van der Waals surface area (Å²) in [6.07, 6.45) is 3.66. The molecule has 6 heteroatoms. The first kappa shape index (κ1) is 17.9. The number of nitrogens with zero attached hydrogens (tertiary/aromatic N) is 4. The quantitative estimate of drug-likeness (QED) is 0.873. The molecule has 1 saturated heterocycles. The molecule has 0 radical (unpaired) electrons. The number of aliphatic hydroxyl groups is 1. The van der Waals surface area contributed by atoms with Gasteiger partial charge in [-0.15, -0.1) is 0 Å². The molecule has 1 aromatic heterocycles. The predicted molar refractivity (Wildman–Crippen MR) is 96.4 cm³/mol. The summed E-state index contributed by atoms with van der Waals surface area (Å²) in [6, 6.07) is 8.04. The molecule has 25 heavy (non-hydrogen) atoms. The Labute approximate surface area is 149 Å². The lowest BCUT2D eigenvalue weighted by Gasteiger charge is -2.37. The lowest BCUT2D eigenvalue weighted by Crippen LogP contribution is -2.45. The molecule has 2 atom stereocenters. The van der Waals surface area contributed by atoms with Crippen LogP contribution in [0, 0.1) is 0 Å². The van der Waals surface area contributed by atoms with Crippen molar-refractivity contribution in [2.75, 3.05) is 13.7 Å². The fraction of sp³-hybridized carbons (Fsp3) is 0.579. The van der Waals surface area contributed by atoms with Gasteiger partial charge in [-0.3, -0.25) is 4.90 Å². The van der Waals surface area contributed by atoms with Gasteiger partial charge in [-0.1, -0.05) is 12.1 Å². The average Bonchev–Trinajstić information content (AvgIpc) is 3.25. The highest BCUT2D eigenvalue weighted by atomic mass is 16.5. The smallest absolute Gasteiger partial charge is 0.141 e. The van der Waals surface area contributed by atoms with E-state index in [2.05, 4.69) is 28.8 Å². The zero-order valence-electron chi connectivity index (χ0n) is 15.5. The van der Waals surface area contributed by atoms with Crippen LogP contribution in [-0.4, -0.2) is 44.5 Å². The molecule has 0 spiro atoms. The topological polar surface area (TPSA) is 63.4 Å². The second-order valence-corrected chi connectivity index (χ2v) is 7.22. The zero-order chi connectivity index (χ0) is 18.0. The summed E-state index contributed by atoms with van der Waals surface area (Å²) in [5, 5.41) is 15.6. The van der Waals surface area contributed by atoms with E-state index in [0.717, 1.165) is 36.5 Å². The Bertz CT molecular complexity index is 694. The first-order valence-corrected chi connectivity index (χ1v) is 8.92. The van der Waals surface area contributed by atoms with Crippen LogP contribution in [-0.2, 0) is 12.1 Å². The highest BCUT2D eigenvalue weighted by Crippen LogP contribution is 2.36. The third-order valence-electron chi connectivity index (χ3n) is 5.17. The second kappa shape index (κ2) is 7.14. The lowest BCUT2D eigenvalue weighted by molar-refractivity contribution is -0.0265. The number of likely N-dealkylation sites (tertiary alicyclic amines) is 1. The highest BCUT2D eigenvalue weighted by Gasteiger charge is 2.40. The molecule has 2 aromatic rings. The third-order valence-corrected chi connectivity index (χ3v) is 5.17. The van der Waals surface area contributed by atoms with Crippen LogP contribution in [0.15, 0.2) is 30.6 Å². The van der Waals surface area contributed by atoms with Crippen molar-refractivity contribution in [3.8, 4) is 5.75 Å². The molecule has 1 aliphatic rings. The van der Waals surface area contributed by atoms with E-state index < -0.39 is 5.60 Å². The number of benzene rings is 1. The molecule has 136 valence electrons. The summed E-state index contributed by atoms with van der Waals surface area (Å²) < 4.78 is 7.18. The summed E-state index contributed by atoms with van der Waals surface area (Å²) in [5.74, 6) is 1.75. The summed E-state index contributed by atoms with van der Waals surface area (Å²) in [7, 11) is 1.65. The van der Waals surface area contributed by atoms with E-state index in [4.69, 9.17) is 4.74 Å². The van der Waals surface area contributed by atoms with Crippen LogP contribution in [0.3, 0.4) is 0 Å². The van der Waals surface area contributed by atoms with Crippen LogP contribution in [0.1, 0.15) is 51.0 Å². The normalized spacial score (nSPS) is 20.8. The summed E-state index contributed by atoms with van der Waals surface area (Å²) in [6.45, 7) is 7.78. The monoisotopic (exact) mass is 344 g/mol. The van der Waals surface area contributed by atoms with Crippen LogP contribution in [0.2, 0.25) is 0 Å².